The van der Waals surface area contributed by atoms with Gasteiger partial charge in [0.1, 0.15) is 22.3 Å². The van der Waals surface area contributed by atoms with E-state index in [1.807, 2.05) is 66.3 Å². The summed E-state index contributed by atoms with van der Waals surface area (Å²) in [4.78, 5) is 17.5. The number of aryl methyl sites for hydroxylation is 1. The van der Waals surface area contributed by atoms with Gasteiger partial charge >= 0.3 is 13.1 Å². The second kappa shape index (κ2) is 10.2. The molecular formula is C24H27BN2O4S. The van der Waals surface area contributed by atoms with Crippen molar-refractivity contribution in [1.29, 1.82) is 0 Å². The van der Waals surface area contributed by atoms with Crippen LogP contribution in [0.5, 0.6) is 11.5 Å². The van der Waals surface area contributed by atoms with Gasteiger partial charge < -0.3 is 18.6 Å². The Morgan fingerprint density at radius 3 is 2.38 bits per heavy atom. The number of carbonyl (C=O) groups excluding carboxylic acids is 1. The lowest BCUT2D eigenvalue weighted by molar-refractivity contribution is 0.0509. The maximum atomic E-state index is 12.7. The number of aromatic nitrogens is 2. The number of benzene rings is 2. The van der Waals surface area contributed by atoms with E-state index in [9.17, 15) is 4.79 Å². The van der Waals surface area contributed by atoms with Crippen LogP contribution >= 0.6 is 11.8 Å². The average molecular weight is 450 g/mol. The minimum atomic E-state index is -0.451. The van der Waals surface area contributed by atoms with Crippen LogP contribution in [0, 0.1) is 0 Å². The first-order chi connectivity index (χ1) is 15.6. The zero-order valence-corrected chi connectivity index (χ0v) is 19.5. The largest absolute Gasteiger partial charge is 0.632 e. The molecule has 0 saturated heterocycles. The van der Waals surface area contributed by atoms with Crippen molar-refractivity contribution >= 4 is 30.3 Å². The standard InChI is InChI=1S/C24H27BN2O4S/c1-4-6-11-21-26-23(32-3)22(24(28)29-5-2)27(21)16-17-12-14-18(15-13-17)25-30-19-9-7-8-10-20(19)31-25/h7-10,12-15H,4-6,11,16H2,1-3H3. The van der Waals surface area contributed by atoms with E-state index in [1.54, 1.807) is 0 Å². The Bertz CT molecular complexity index is 1060. The van der Waals surface area contributed by atoms with E-state index >= 15 is 0 Å². The Kier molecular flexibility index (Phi) is 7.10. The molecule has 8 heteroatoms. The Morgan fingerprint density at radius 1 is 1.09 bits per heavy atom. The third-order valence-corrected chi connectivity index (χ3v) is 6.01. The summed E-state index contributed by atoms with van der Waals surface area (Å²) in [5, 5.41) is 0.719. The highest BCUT2D eigenvalue weighted by Crippen LogP contribution is 2.32. The van der Waals surface area contributed by atoms with Crippen LogP contribution in [0.2, 0.25) is 0 Å². The lowest BCUT2D eigenvalue weighted by Crippen LogP contribution is -2.38. The van der Waals surface area contributed by atoms with E-state index in [2.05, 4.69) is 6.92 Å². The monoisotopic (exact) mass is 450 g/mol. The predicted octanol–water partition coefficient (Wildman–Crippen LogP) is 4.34. The van der Waals surface area contributed by atoms with Crippen molar-refractivity contribution in [2.45, 2.75) is 44.7 Å². The van der Waals surface area contributed by atoms with Crippen molar-refractivity contribution in [3.8, 4) is 11.5 Å². The van der Waals surface area contributed by atoms with Crippen molar-refractivity contribution in [2.75, 3.05) is 12.9 Å². The number of carbonyl (C=O) groups is 1. The van der Waals surface area contributed by atoms with Gasteiger partial charge in [0.15, 0.2) is 5.69 Å². The summed E-state index contributed by atoms with van der Waals surface area (Å²) in [6.07, 6.45) is 4.84. The van der Waals surface area contributed by atoms with Gasteiger partial charge in [-0.15, -0.1) is 11.8 Å². The van der Waals surface area contributed by atoms with Gasteiger partial charge in [-0.05, 0) is 37.3 Å². The highest BCUT2D eigenvalue weighted by atomic mass is 32.2. The molecule has 1 aliphatic rings. The van der Waals surface area contributed by atoms with Crippen LogP contribution in [0.1, 0.15) is 48.6 Å². The molecule has 2 aromatic carbocycles. The molecule has 0 amide bonds. The van der Waals surface area contributed by atoms with Crippen LogP contribution in [0.4, 0.5) is 0 Å². The molecule has 3 aromatic rings. The summed E-state index contributed by atoms with van der Waals surface area (Å²) in [5.74, 6) is 2.10. The van der Waals surface area contributed by atoms with Crippen molar-refractivity contribution in [1.82, 2.24) is 9.55 Å². The van der Waals surface area contributed by atoms with Crippen LogP contribution in [0.25, 0.3) is 0 Å². The number of fused-ring (bicyclic) bond motifs is 1. The molecule has 32 heavy (non-hydrogen) atoms. The molecule has 1 aromatic heterocycles. The van der Waals surface area contributed by atoms with Crippen LogP contribution in [0.3, 0.4) is 0 Å². The van der Waals surface area contributed by atoms with Gasteiger partial charge in [-0.2, -0.15) is 0 Å². The number of thioether (sulfide) groups is 1. The van der Waals surface area contributed by atoms with Crippen LogP contribution < -0.4 is 14.8 Å². The number of ether oxygens (including phenoxy) is 1. The Labute approximate surface area is 193 Å². The molecule has 1 aliphatic heterocycles. The first-order valence-corrected chi connectivity index (χ1v) is 12.2. The van der Waals surface area contributed by atoms with Crippen molar-refractivity contribution in [2.24, 2.45) is 0 Å². The smallest absolute Gasteiger partial charge is 0.519 e. The number of imidazole rings is 1. The first-order valence-electron chi connectivity index (χ1n) is 11.0. The summed E-state index contributed by atoms with van der Waals surface area (Å²) >= 11 is 1.48. The Morgan fingerprint density at radius 2 is 1.78 bits per heavy atom. The SMILES string of the molecule is CCCCc1nc(SC)c(C(=O)OCC)n1Cc1ccc(B2Oc3ccccc3O2)cc1. The van der Waals surface area contributed by atoms with E-state index in [1.165, 1.54) is 11.8 Å². The minimum Gasteiger partial charge on any atom is -0.519 e. The summed E-state index contributed by atoms with van der Waals surface area (Å²) in [6.45, 7) is 4.85. The summed E-state index contributed by atoms with van der Waals surface area (Å²) in [5.41, 5.74) is 2.54. The van der Waals surface area contributed by atoms with Gasteiger partial charge in [0, 0.05) is 18.4 Å². The van der Waals surface area contributed by atoms with E-state index < -0.39 is 7.12 Å². The lowest BCUT2D eigenvalue weighted by Gasteiger charge is -2.13. The Hall–Kier alpha value is -2.87. The van der Waals surface area contributed by atoms with Gasteiger partial charge in [0.2, 0.25) is 0 Å². The van der Waals surface area contributed by atoms with Crippen LogP contribution in [0.15, 0.2) is 53.6 Å². The van der Waals surface area contributed by atoms with Gasteiger partial charge in [-0.25, -0.2) is 9.78 Å². The summed E-state index contributed by atoms with van der Waals surface area (Å²) < 4.78 is 19.2. The van der Waals surface area contributed by atoms with Crippen molar-refractivity contribution in [3.05, 3.63) is 65.6 Å². The van der Waals surface area contributed by atoms with Crippen LogP contribution in [-0.2, 0) is 17.7 Å². The van der Waals surface area contributed by atoms with Gasteiger partial charge in [-0.1, -0.05) is 49.7 Å². The quantitative estimate of drug-likeness (QED) is 0.275. The molecular weight excluding hydrogens is 423 g/mol. The fourth-order valence-corrected chi connectivity index (χ4v) is 4.29. The fraction of sp³-hybridized carbons (Fsp3) is 0.333. The van der Waals surface area contributed by atoms with E-state index in [-0.39, 0.29) is 5.97 Å². The molecule has 166 valence electrons. The molecule has 0 spiro atoms. The molecule has 0 N–H and O–H groups in total. The maximum Gasteiger partial charge on any atom is 0.632 e. The van der Waals surface area contributed by atoms with Crippen molar-refractivity contribution < 1.29 is 18.8 Å². The number of nitrogens with zero attached hydrogens (tertiary/aromatic N) is 2. The molecule has 2 heterocycles. The zero-order valence-electron chi connectivity index (χ0n) is 18.7. The third-order valence-electron chi connectivity index (χ3n) is 5.34. The van der Waals surface area contributed by atoms with E-state index in [4.69, 9.17) is 19.0 Å². The molecule has 6 nitrogen and oxygen atoms in total. The number of para-hydroxylation sites is 2. The predicted molar refractivity (Wildman–Crippen MR) is 127 cm³/mol. The van der Waals surface area contributed by atoms with Crippen LogP contribution in [-0.4, -0.2) is 35.5 Å². The van der Waals surface area contributed by atoms with E-state index in [0.29, 0.717) is 18.8 Å². The normalized spacial score (nSPS) is 12.3. The Balaban J connectivity index is 1.58. The van der Waals surface area contributed by atoms with E-state index in [0.717, 1.165) is 52.6 Å². The molecule has 0 fully saturated rings. The van der Waals surface area contributed by atoms with Gasteiger partial charge in [-0.3, -0.25) is 0 Å². The number of hydrogen-bond donors (Lipinski definition) is 0. The number of hydrogen-bond acceptors (Lipinski definition) is 6. The topological polar surface area (TPSA) is 62.6 Å². The summed E-state index contributed by atoms with van der Waals surface area (Å²) in [7, 11) is -0.451. The molecule has 0 bridgehead atoms. The average Bonchev–Trinajstić information content (AvgIpc) is 3.39. The zero-order chi connectivity index (χ0) is 22.5. The number of esters is 1. The number of unbranched alkanes of at least 4 members (excludes halogenated alkanes) is 1. The highest BCUT2D eigenvalue weighted by Gasteiger charge is 2.33. The molecule has 0 aliphatic carbocycles. The van der Waals surface area contributed by atoms with Crippen molar-refractivity contribution in [3.63, 3.8) is 0 Å². The maximum absolute atomic E-state index is 12.7. The second-order valence-electron chi connectivity index (χ2n) is 7.55. The first kappa shape index (κ1) is 22.3. The second-order valence-corrected chi connectivity index (χ2v) is 8.35. The lowest BCUT2D eigenvalue weighted by atomic mass is 9.79. The highest BCUT2D eigenvalue weighted by molar-refractivity contribution is 7.98. The third kappa shape index (κ3) is 4.65. The molecule has 0 unspecified atom stereocenters. The summed E-state index contributed by atoms with van der Waals surface area (Å²) in [6, 6.07) is 15.8. The number of rotatable bonds is 9. The molecule has 0 saturated carbocycles. The molecule has 0 atom stereocenters. The fourth-order valence-electron chi connectivity index (χ4n) is 3.71. The molecule has 0 radical (unpaired) electrons. The van der Waals surface area contributed by atoms with Gasteiger partial charge in [0.25, 0.3) is 0 Å². The van der Waals surface area contributed by atoms with Gasteiger partial charge in [0.05, 0.1) is 6.61 Å². The molecule has 4 rings (SSSR count). The minimum absolute atomic E-state index is 0.325.